The summed E-state index contributed by atoms with van der Waals surface area (Å²) in [4.78, 5) is 11.3. The van der Waals surface area contributed by atoms with Crippen molar-refractivity contribution in [2.75, 3.05) is 11.0 Å². The molecule has 32 heavy (non-hydrogen) atoms. The average Bonchev–Trinajstić information content (AvgIpc) is 3.08. The van der Waals surface area contributed by atoms with E-state index in [-0.39, 0.29) is 6.61 Å². The van der Waals surface area contributed by atoms with Gasteiger partial charge >= 0.3 is 5.97 Å². The fraction of sp³-hybridized carbons (Fsp3) is 0.364. The number of carbonyl (C=O) groups is 1. The van der Waals surface area contributed by atoms with E-state index in [0.29, 0.717) is 28.7 Å². The number of halogens is 1. The number of sulfonamides is 1. The second-order valence-electron chi connectivity index (χ2n) is 7.80. The Bertz CT molecular complexity index is 1150. The van der Waals surface area contributed by atoms with Gasteiger partial charge in [-0.2, -0.15) is 5.10 Å². The first-order valence-electron chi connectivity index (χ1n) is 9.82. The van der Waals surface area contributed by atoms with Crippen LogP contribution >= 0.6 is 11.6 Å². The van der Waals surface area contributed by atoms with E-state index in [2.05, 4.69) is 9.82 Å². The molecule has 0 atom stereocenters. The third-order valence-corrected chi connectivity index (χ3v) is 5.37. The lowest BCUT2D eigenvalue weighted by atomic mass is 10.1. The minimum atomic E-state index is -3.43. The molecule has 1 heterocycles. The van der Waals surface area contributed by atoms with Crippen molar-refractivity contribution in [1.82, 2.24) is 9.78 Å². The fourth-order valence-electron chi connectivity index (χ4n) is 2.80. The maximum absolute atomic E-state index is 11.6. The van der Waals surface area contributed by atoms with Crippen molar-refractivity contribution in [3.05, 3.63) is 58.8 Å². The van der Waals surface area contributed by atoms with E-state index < -0.39 is 21.6 Å². The van der Waals surface area contributed by atoms with E-state index in [1.807, 2.05) is 25.1 Å². The largest absolute Gasteiger partial charge is 0.479 e. The number of carboxylic acid groups (broad SMARTS) is 1. The van der Waals surface area contributed by atoms with E-state index in [4.69, 9.17) is 16.3 Å². The Kier molecular flexibility index (Phi) is 8.28. The van der Waals surface area contributed by atoms with E-state index in [9.17, 15) is 18.3 Å². The summed E-state index contributed by atoms with van der Waals surface area (Å²) in [6.07, 6.45) is 4.85. The van der Waals surface area contributed by atoms with Crippen LogP contribution in [-0.4, -0.2) is 41.1 Å². The highest BCUT2D eigenvalue weighted by Crippen LogP contribution is 2.27. The molecule has 2 rings (SSSR count). The van der Waals surface area contributed by atoms with Crippen molar-refractivity contribution in [3.8, 4) is 11.3 Å². The molecule has 0 amide bonds. The molecule has 0 unspecified atom stereocenters. The molecule has 0 saturated carbocycles. The minimum absolute atomic E-state index is 0.0108. The molecule has 0 aliphatic carbocycles. The maximum Gasteiger partial charge on any atom is 0.335 e. The van der Waals surface area contributed by atoms with E-state index >= 15 is 0 Å². The molecule has 0 spiro atoms. The number of aromatic nitrogens is 2. The van der Waals surface area contributed by atoms with Crippen molar-refractivity contribution in [1.29, 1.82) is 0 Å². The number of anilines is 1. The van der Waals surface area contributed by atoms with Crippen molar-refractivity contribution in [2.24, 2.45) is 0 Å². The van der Waals surface area contributed by atoms with Gasteiger partial charge in [0.05, 0.1) is 30.8 Å². The molecule has 2 aromatic rings. The first-order valence-corrected chi connectivity index (χ1v) is 12.1. The van der Waals surface area contributed by atoms with Crippen LogP contribution in [0.5, 0.6) is 0 Å². The summed E-state index contributed by atoms with van der Waals surface area (Å²) >= 11 is 6.25. The third kappa shape index (κ3) is 7.22. The number of allylic oxidation sites excluding steroid dienone is 4. The Hall–Kier alpha value is -2.62. The Balaban J connectivity index is 2.50. The van der Waals surface area contributed by atoms with Gasteiger partial charge < -0.3 is 9.84 Å². The lowest BCUT2D eigenvalue weighted by molar-refractivity contribution is -0.162. The van der Waals surface area contributed by atoms with Crippen LogP contribution in [0.25, 0.3) is 11.3 Å². The smallest absolute Gasteiger partial charge is 0.335 e. The molecular weight excluding hydrogens is 454 g/mol. The number of hydrogen-bond acceptors (Lipinski definition) is 5. The average molecular weight is 482 g/mol. The Morgan fingerprint density at radius 1 is 1.34 bits per heavy atom. The normalized spacial score (nSPS) is 13.3. The molecule has 0 aliphatic heterocycles. The number of aliphatic carboxylic acids is 1. The minimum Gasteiger partial charge on any atom is -0.479 e. The van der Waals surface area contributed by atoms with Crippen LogP contribution < -0.4 is 4.72 Å². The van der Waals surface area contributed by atoms with Gasteiger partial charge in [0.2, 0.25) is 10.0 Å². The van der Waals surface area contributed by atoms with Gasteiger partial charge in [-0.15, -0.1) is 0 Å². The fourth-order valence-corrected chi connectivity index (χ4v) is 3.48. The summed E-state index contributed by atoms with van der Waals surface area (Å²) in [5.74, 6) is -1.08. The molecule has 10 heteroatoms. The molecule has 0 fully saturated rings. The van der Waals surface area contributed by atoms with Gasteiger partial charge in [0.25, 0.3) is 0 Å². The monoisotopic (exact) mass is 481 g/mol. The first-order chi connectivity index (χ1) is 14.8. The van der Waals surface area contributed by atoms with Crippen molar-refractivity contribution in [2.45, 2.75) is 46.4 Å². The van der Waals surface area contributed by atoms with E-state index in [1.54, 1.807) is 35.9 Å². The summed E-state index contributed by atoms with van der Waals surface area (Å²) in [5.41, 5.74) is 1.85. The zero-order valence-corrected chi connectivity index (χ0v) is 20.3. The standard InChI is InChI=1S/C22H28ClN3O5S/c1-6-8-17(15(2)23)13-26-20(12-19(24-26)14-31-22(3,4)21(27)28)16-9-7-10-18(11-16)25-32(5,29)30/h6-12,25H,13-14H2,1-5H3,(H,27,28)/b8-6-,17-15-. The molecular formula is C22H28ClN3O5S. The maximum atomic E-state index is 11.6. The van der Waals surface area contributed by atoms with Gasteiger partial charge in [-0.05, 0) is 51.5 Å². The molecule has 174 valence electrons. The van der Waals surface area contributed by atoms with Gasteiger partial charge in [-0.3, -0.25) is 9.40 Å². The molecule has 2 N–H and O–H groups in total. The van der Waals surface area contributed by atoms with Crippen molar-refractivity contribution in [3.63, 3.8) is 0 Å². The molecule has 1 aromatic heterocycles. The summed E-state index contributed by atoms with van der Waals surface area (Å²) in [6.45, 7) is 6.96. The van der Waals surface area contributed by atoms with Crippen molar-refractivity contribution >= 4 is 33.3 Å². The van der Waals surface area contributed by atoms with Gasteiger partial charge in [0.15, 0.2) is 5.60 Å². The summed E-state index contributed by atoms with van der Waals surface area (Å²) in [6, 6.07) is 8.71. The van der Waals surface area contributed by atoms with Gasteiger partial charge in [-0.1, -0.05) is 35.9 Å². The predicted molar refractivity (Wildman–Crippen MR) is 126 cm³/mol. The number of rotatable bonds is 10. The molecule has 0 saturated heterocycles. The van der Waals surface area contributed by atoms with Crippen LogP contribution in [-0.2, 0) is 32.7 Å². The molecule has 0 radical (unpaired) electrons. The van der Waals surface area contributed by atoms with Crippen LogP contribution in [0, 0.1) is 0 Å². The third-order valence-electron chi connectivity index (χ3n) is 4.52. The number of nitrogens with zero attached hydrogens (tertiary/aromatic N) is 2. The van der Waals surface area contributed by atoms with Crippen LogP contribution in [0.3, 0.4) is 0 Å². The van der Waals surface area contributed by atoms with Gasteiger partial charge in [0.1, 0.15) is 0 Å². The Morgan fingerprint density at radius 2 is 2.03 bits per heavy atom. The Labute approximate surface area is 193 Å². The first kappa shape index (κ1) is 25.6. The number of ether oxygens (including phenoxy) is 1. The Morgan fingerprint density at radius 3 is 2.59 bits per heavy atom. The molecule has 1 aromatic carbocycles. The lowest BCUT2D eigenvalue weighted by Gasteiger charge is -2.19. The highest BCUT2D eigenvalue weighted by atomic mass is 35.5. The van der Waals surface area contributed by atoms with Gasteiger partial charge in [0, 0.05) is 16.3 Å². The van der Waals surface area contributed by atoms with Crippen LogP contribution in [0.1, 0.15) is 33.4 Å². The highest BCUT2D eigenvalue weighted by Gasteiger charge is 2.28. The van der Waals surface area contributed by atoms with Crippen LogP contribution in [0.2, 0.25) is 0 Å². The topological polar surface area (TPSA) is 111 Å². The zero-order valence-electron chi connectivity index (χ0n) is 18.7. The molecule has 0 bridgehead atoms. The van der Waals surface area contributed by atoms with E-state index in [0.717, 1.165) is 17.4 Å². The lowest BCUT2D eigenvalue weighted by Crippen LogP contribution is -2.34. The number of nitrogens with one attached hydrogen (secondary N) is 1. The van der Waals surface area contributed by atoms with Crippen molar-refractivity contribution < 1.29 is 23.1 Å². The van der Waals surface area contributed by atoms with Crippen LogP contribution in [0.15, 0.2) is 53.1 Å². The summed E-state index contributed by atoms with van der Waals surface area (Å²) in [7, 11) is -3.43. The van der Waals surface area contributed by atoms with Crippen LogP contribution in [0.4, 0.5) is 5.69 Å². The number of benzene rings is 1. The number of hydrogen-bond donors (Lipinski definition) is 2. The van der Waals surface area contributed by atoms with Gasteiger partial charge in [-0.25, -0.2) is 13.2 Å². The predicted octanol–water partition coefficient (Wildman–Crippen LogP) is 4.39. The van der Waals surface area contributed by atoms with E-state index in [1.165, 1.54) is 13.8 Å². The quantitative estimate of drug-likeness (QED) is 0.487. The number of carboxylic acids is 1. The molecule has 8 nitrogen and oxygen atoms in total. The highest BCUT2D eigenvalue weighted by molar-refractivity contribution is 7.92. The summed E-state index contributed by atoms with van der Waals surface area (Å²) in [5, 5.41) is 14.5. The molecule has 0 aliphatic rings. The second kappa shape index (κ2) is 10.3. The SMILES string of the molecule is C/C=C\C(Cn1nc(COC(C)(C)C(=O)O)cc1-c1cccc(NS(C)(=O)=O)c1)=C(/C)Cl. The zero-order chi connectivity index (χ0) is 24.1. The second-order valence-corrected chi connectivity index (χ2v) is 10.1. The summed E-state index contributed by atoms with van der Waals surface area (Å²) < 4.78 is 33.0.